The Labute approximate surface area is 82.0 Å². The van der Waals surface area contributed by atoms with Crippen molar-refractivity contribution in [2.75, 3.05) is 14.1 Å². The lowest BCUT2D eigenvalue weighted by Gasteiger charge is -2.32. The smallest absolute Gasteiger partial charge is 0.218 e. The minimum absolute atomic E-state index is 0.176. The third-order valence-corrected chi connectivity index (χ3v) is 1.26. The third kappa shape index (κ3) is 6.99. The van der Waals surface area contributed by atoms with Crippen LogP contribution >= 0.6 is 0 Å². The van der Waals surface area contributed by atoms with Crippen LogP contribution in [0.3, 0.4) is 0 Å². The predicted molar refractivity (Wildman–Crippen MR) is 54.5 cm³/mol. The normalized spacial score (nSPS) is 15.5. The van der Waals surface area contributed by atoms with Crippen LogP contribution in [-0.4, -0.2) is 37.1 Å². The van der Waals surface area contributed by atoms with Crippen molar-refractivity contribution in [1.29, 1.82) is 0 Å². The lowest BCUT2D eigenvalue weighted by Crippen LogP contribution is -2.40. The van der Waals surface area contributed by atoms with E-state index in [0.717, 1.165) is 0 Å². The predicted octanol–water partition coefficient (Wildman–Crippen LogP) is 2.07. The summed E-state index contributed by atoms with van der Waals surface area (Å²) in [4.78, 5) is 1.92. The summed E-state index contributed by atoms with van der Waals surface area (Å²) in [6.07, 6.45) is -0.0882. The van der Waals surface area contributed by atoms with E-state index in [1.807, 2.05) is 53.6 Å². The zero-order valence-corrected chi connectivity index (χ0v) is 9.92. The maximum atomic E-state index is 5.71. The molecule has 0 bridgehead atoms. The molecule has 0 aliphatic carbocycles. The van der Waals surface area contributed by atoms with E-state index in [4.69, 9.17) is 9.47 Å². The number of hydrogen-bond acceptors (Lipinski definition) is 3. The highest BCUT2D eigenvalue weighted by molar-refractivity contribution is 4.60. The zero-order valence-electron chi connectivity index (χ0n) is 9.92. The van der Waals surface area contributed by atoms with Gasteiger partial charge in [0, 0.05) is 0 Å². The lowest BCUT2D eigenvalue weighted by atomic mass is 10.2. The van der Waals surface area contributed by atoms with Gasteiger partial charge in [0.15, 0.2) is 0 Å². The molecule has 0 fully saturated rings. The summed E-state index contributed by atoms with van der Waals surface area (Å²) in [6, 6.07) is 0. The lowest BCUT2D eigenvalue weighted by molar-refractivity contribution is -0.265. The van der Waals surface area contributed by atoms with Gasteiger partial charge in [0.25, 0.3) is 0 Å². The molecule has 0 rings (SSSR count). The Kier molecular flexibility index (Phi) is 4.89. The summed E-state index contributed by atoms with van der Waals surface area (Å²) in [5.41, 5.74) is -0.177. The molecule has 3 nitrogen and oxygen atoms in total. The number of hydrogen-bond donors (Lipinski definition) is 0. The Bertz CT molecular complexity index is 138. The molecule has 1 atom stereocenters. The molecule has 0 spiro atoms. The van der Waals surface area contributed by atoms with Gasteiger partial charge >= 0.3 is 0 Å². The maximum absolute atomic E-state index is 5.71. The van der Waals surface area contributed by atoms with Crippen LogP contribution in [0.1, 0.15) is 34.6 Å². The van der Waals surface area contributed by atoms with Gasteiger partial charge in [-0.05, 0) is 48.7 Å². The molecule has 3 heteroatoms. The van der Waals surface area contributed by atoms with E-state index < -0.39 is 0 Å². The second-order valence-corrected chi connectivity index (χ2v) is 4.69. The molecule has 0 N–H and O–H groups in total. The monoisotopic (exact) mass is 189 g/mol. The topological polar surface area (TPSA) is 21.7 Å². The van der Waals surface area contributed by atoms with Crippen molar-refractivity contribution in [1.82, 2.24) is 4.90 Å². The molecular weight excluding hydrogens is 166 g/mol. The fourth-order valence-corrected chi connectivity index (χ4v) is 0.790. The van der Waals surface area contributed by atoms with E-state index in [1.165, 1.54) is 0 Å². The molecule has 13 heavy (non-hydrogen) atoms. The number of ether oxygens (including phenoxy) is 2. The first-order valence-electron chi connectivity index (χ1n) is 4.72. The Morgan fingerprint density at radius 2 is 1.54 bits per heavy atom. The van der Waals surface area contributed by atoms with Gasteiger partial charge in [0.2, 0.25) is 6.41 Å². The molecule has 0 aromatic heterocycles. The molecular formula is C10H23NO2. The first-order chi connectivity index (χ1) is 5.72. The van der Waals surface area contributed by atoms with E-state index in [2.05, 4.69) is 0 Å². The SMILES string of the molecule is CC(C)OC(OC(C)(C)C)N(C)C. The van der Waals surface area contributed by atoms with Crippen LogP contribution in [0, 0.1) is 0 Å². The van der Waals surface area contributed by atoms with Gasteiger partial charge in [0.05, 0.1) is 11.7 Å². The molecule has 80 valence electrons. The Morgan fingerprint density at radius 1 is 1.08 bits per heavy atom. The van der Waals surface area contributed by atoms with Crippen molar-refractivity contribution >= 4 is 0 Å². The first kappa shape index (κ1) is 12.9. The fourth-order valence-electron chi connectivity index (χ4n) is 0.790. The Balaban J connectivity index is 4.11. The molecule has 1 unspecified atom stereocenters. The standard InChI is InChI=1S/C10H23NO2/c1-8(2)12-9(11(6)7)13-10(3,4)5/h8-9H,1-7H3. The van der Waals surface area contributed by atoms with E-state index in [9.17, 15) is 0 Å². The van der Waals surface area contributed by atoms with Gasteiger partial charge in [-0.25, -0.2) is 0 Å². The maximum Gasteiger partial charge on any atom is 0.218 e. The fraction of sp³-hybridized carbons (Fsp3) is 1.00. The minimum Gasteiger partial charge on any atom is -0.337 e. The van der Waals surface area contributed by atoms with Gasteiger partial charge in [-0.1, -0.05) is 0 Å². The number of nitrogens with zero attached hydrogens (tertiary/aromatic N) is 1. The van der Waals surface area contributed by atoms with Crippen molar-refractivity contribution in [2.24, 2.45) is 0 Å². The van der Waals surface area contributed by atoms with Crippen LogP contribution in [-0.2, 0) is 9.47 Å². The quantitative estimate of drug-likeness (QED) is 0.632. The average molecular weight is 189 g/mol. The summed E-state index contributed by atoms with van der Waals surface area (Å²) in [5, 5.41) is 0. The highest BCUT2D eigenvalue weighted by atomic mass is 16.7. The number of rotatable bonds is 4. The Morgan fingerprint density at radius 3 is 1.77 bits per heavy atom. The minimum atomic E-state index is -0.264. The van der Waals surface area contributed by atoms with Crippen LogP contribution < -0.4 is 0 Å². The first-order valence-corrected chi connectivity index (χ1v) is 4.72. The summed E-state index contributed by atoms with van der Waals surface area (Å²) >= 11 is 0. The summed E-state index contributed by atoms with van der Waals surface area (Å²) < 4.78 is 11.3. The van der Waals surface area contributed by atoms with Crippen molar-refractivity contribution in [2.45, 2.75) is 52.7 Å². The van der Waals surface area contributed by atoms with Gasteiger partial charge in [0.1, 0.15) is 0 Å². The second kappa shape index (κ2) is 4.94. The van der Waals surface area contributed by atoms with Gasteiger partial charge in [-0.2, -0.15) is 0 Å². The van der Waals surface area contributed by atoms with Gasteiger partial charge in [-0.15, -0.1) is 0 Å². The average Bonchev–Trinajstić information content (AvgIpc) is 1.81. The van der Waals surface area contributed by atoms with Crippen LogP contribution in [0.15, 0.2) is 0 Å². The molecule has 0 radical (unpaired) electrons. The molecule has 0 saturated heterocycles. The Hall–Kier alpha value is -0.120. The molecule has 0 saturated carbocycles. The van der Waals surface area contributed by atoms with Crippen molar-refractivity contribution in [3.63, 3.8) is 0 Å². The molecule has 0 aromatic carbocycles. The highest BCUT2D eigenvalue weighted by Gasteiger charge is 2.21. The summed E-state index contributed by atoms with van der Waals surface area (Å²) in [6.45, 7) is 10.1. The van der Waals surface area contributed by atoms with E-state index in [-0.39, 0.29) is 18.1 Å². The zero-order chi connectivity index (χ0) is 10.6. The molecule has 0 aliphatic heterocycles. The van der Waals surface area contributed by atoms with Crippen LogP contribution in [0.5, 0.6) is 0 Å². The third-order valence-electron chi connectivity index (χ3n) is 1.26. The molecule has 0 aliphatic rings. The van der Waals surface area contributed by atoms with Crippen LogP contribution in [0.4, 0.5) is 0 Å². The summed E-state index contributed by atoms with van der Waals surface area (Å²) in [5.74, 6) is 0. The summed E-state index contributed by atoms with van der Waals surface area (Å²) in [7, 11) is 3.89. The second-order valence-electron chi connectivity index (χ2n) is 4.69. The molecule has 0 amide bonds. The van der Waals surface area contributed by atoms with E-state index in [0.29, 0.717) is 0 Å². The van der Waals surface area contributed by atoms with Crippen LogP contribution in [0.25, 0.3) is 0 Å². The van der Waals surface area contributed by atoms with E-state index in [1.54, 1.807) is 0 Å². The van der Waals surface area contributed by atoms with Crippen molar-refractivity contribution in [3.8, 4) is 0 Å². The highest BCUT2D eigenvalue weighted by Crippen LogP contribution is 2.14. The van der Waals surface area contributed by atoms with Crippen LogP contribution in [0.2, 0.25) is 0 Å². The van der Waals surface area contributed by atoms with Gasteiger partial charge in [-0.3, -0.25) is 4.90 Å². The van der Waals surface area contributed by atoms with E-state index >= 15 is 0 Å². The molecule has 0 heterocycles. The van der Waals surface area contributed by atoms with Gasteiger partial charge < -0.3 is 9.47 Å². The molecule has 0 aromatic rings. The largest absolute Gasteiger partial charge is 0.337 e. The van der Waals surface area contributed by atoms with Crippen molar-refractivity contribution < 1.29 is 9.47 Å². The van der Waals surface area contributed by atoms with Crippen molar-refractivity contribution in [3.05, 3.63) is 0 Å².